The van der Waals surface area contributed by atoms with E-state index in [-0.39, 0.29) is 0 Å². The number of benzene rings is 1. The van der Waals surface area contributed by atoms with E-state index in [9.17, 15) is 0 Å². The average molecular weight is 275 g/mol. The van der Waals surface area contributed by atoms with Gasteiger partial charge >= 0.3 is 0 Å². The highest BCUT2D eigenvalue weighted by molar-refractivity contribution is 7.07. The van der Waals surface area contributed by atoms with E-state index in [1.54, 1.807) is 18.4 Å². The quantitative estimate of drug-likeness (QED) is 0.861. The number of methoxy groups -OCH3 is 1. The highest BCUT2D eigenvalue weighted by Crippen LogP contribution is 2.29. The van der Waals surface area contributed by atoms with Crippen molar-refractivity contribution in [2.24, 2.45) is 0 Å². The van der Waals surface area contributed by atoms with Crippen molar-refractivity contribution in [1.29, 1.82) is 0 Å². The van der Waals surface area contributed by atoms with Crippen LogP contribution in [-0.2, 0) is 6.42 Å². The molecule has 0 fully saturated rings. The second-order valence-corrected chi connectivity index (χ2v) is 5.54. The number of nitrogens with one attached hydrogen (secondary N) is 1. The molecular weight excluding hydrogens is 254 g/mol. The van der Waals surface area contributed by atoms with Gasteiger partial charge < -0.3 is 10.1 Å². The Kier molecular flexibility index (Phi) is 5.00. The summed E-state index contributed by atoms with van der Waals surface area (Å²) < 4.78 is 5.51. The molecule has 3 heteroatoms. The standard InChI is InChI=1S/C16H21NOS/c1-12-4-6-14(16(10-12)18-3)15(17-2)7-5-13-8-9-19-11-13/h4,6,8-11,15,17H,5,7H2,1-3H3. The fourth-order valence-electron chi connectivity index (χ4n) is 2.31. The minimum atomic E-state index is 0.329. The van der Waals surface area contributed by atoms with E-state index in [2.05, 4.69) is 47.3 Å². The van der Waals surface area contributed by atoms with E-state index in [1.807, 2.05) is 7.05 Å². The molecule has 0 aliphatic rings. The van der Waals surface area contributed by atoms with Crippen molar-refractivity contribution in [3.8, 4) is 5.75 Å². The number of hydrogen-bond donors (Lipinski definition) is 1. The van der Waals surface area contributed by atoms with Crippen molar-refractivity contribution < 1.29 is 4.74 Å². The first-order valence-electron chi connectivity index (χ1n) is 6.57. The lowest BCUT2D eigenvalue weighted by atomic mass is 9.98. The van der Waals surface area contributed by atoms with Crippen LogP contribution in [0, 0.1) is 6.92 Å². The van der Waals surface area contributed by atoms with Gasteiger partial charge in [-0.05, 0) is 60.8 Å². The molecule has 1 aromatic carbocycles. The Balaban J connectivity index is 2.12. The molecule has 2 aromatic rings. The Morgan fingerprint density at radius 3 is 2.79 bits per heavy atom. The predicted molar refractivity (Wildman–Crippen MR) is 82.2 cm³/mol. The third-order valence-electron chi connectivity index (χ3n) is 3.41. The van der Waals surface area contributed by atoms with E-state index in [1.165, 1.54) is 16.7 Å². The molecule has 0 amide bonds. The third kappa shape index (κ3) is 3.58. The van der Waals surface area contributed by atoms with Gasteiger partial charge in [0, 0.05) is 11.6 Å². The zero-order valence-corrected chi connectivity index (χ0v) is 12.6. The number of rotatable bonds is 6. The molecule has 102 valence electrons. The van der Waals surface area contributed by atoms with Gasteiger partial charge in [-0.25, -0.2) is 0 Å². The highest BCUT2D eigenvalue weighted by Gasteiger charge is 2.14. The molecule has 1 N–H and O–H groups in total. The van der Waals surface area contributed by atoms with Gasteiger partial charge in [0.15, 0.2) is 0 Å². The maximum Gasteiger partial charge on any atom is 0.123 e. The SMILES string of the molecule is CNC(CCc1ccsc1)c1ccc(C)cc1OC. The molecule has 1 heterocycles. The summed E-state index contributed by atoms with van der Waals surface area (Å²) in [7, 11) is 3.75. The van der Waals surface area contributed by atoms with E-state index in [4.69, 9.17) is 4.74 Å². The van der Waals surface area contributed by atoms with Crippen LogP contribution in [-0.4, -0.2) is 14.2 Å². The van der Waals surface area contributed by atoms with Crippen molar-refractivity contribution in [2.75, 3.05) is 14.2 Å². The summed E-state index contributed by atoms with van der Waals surface area (Å²) in [6.07, 6.45) is 2.17. The molecule has 2 nitrogen and oxygen atoms in total. The van der Waals surface area contributed by atoms with Crippen molar-refractivity contribution in [2.45, 2.75) is 25.8 Å². The first kappa shape index (κ1) is 14.1. The summed E-state index contributed by atoms with van der Waals surface area (Å²) in [5.74, 6) is 0.977. The van der Waals surface area contributed by atoms with Crippen LogP contribution >= 0.6 is 11.3 Å². The number of ether oxygens (including phenoxy) is 1. The van der Waals surface area contributed by atoms with Crippen molar-refractivity contribution in [1.82, 2.24) is 5.32 Å². The molecule has 0 aliphatic heterocycles. The van der Waals surface area contributed by atoms with Gasteiger partial charge in [-0.3, -0.25) is 0 Å². The lowest BCUT2D eigenvalue weighted by Gasteiger charge is -2.19. The summed E-state index contributed by atoms with van der Waals surface area (Å²) in [5.41, 5.74) is 3.88. The maximum atomic E-state index is 5.51. The summed E-state index contributed by atoms with van der Waals surface area (Å²) in [5, 5.41) is 7.75. The molecule has 0 aliphatic carbocycles. The van der Waals surface area contributed by atoms with Gasteiger partial charge in [0.05, 0.1) is 7.11 Å². The molecule has 2 rings (SSSR count). The summed E-state index contributed by atoms with van der Waals surface area (Å²) in [6.45, 7) is 2.09. The average Bonchev–Trinajstić information content (AvgIpc) is 2.93. The van der Waals surface area contributed by atoms with Crippen LogP contribution in [0.25, 0.3) is 0 Å². The van der Waals surface area contributed by atoms with Gasteiger partial charge in [-0.15, -0.1) is 0 Å². The smallest absolute Gasteiger partial charge is 0.123 e. The third-order valence-corrected chi connectivity index (χ3v) is 4.15. The van der Waals surface area contributed by atoms with Crippen LogP contribution in [0.15, 0.2) is 35.0 Å². The Morgan fingerprint density at radius 2 is 2.16 bits per heavy atom. The number of thiophene rings is 1. The number of aryl methyl sites for hydroxylation is 2. The predicted octanol–water partition coefficient (Wildman–Crippen LogP) is 3.96. The summed E-state index contributed by atoms with van der Waals surface area (Å²) in [4.78, 5) is 0. The Bertz CT molecular complexity index is 507. The van der Waals surface area contributed by atoms with Crippen molar-refractivity contribution >= 4 is 11.3 Å². The molecule has 0 bridgehead atoms. The monoisotopic (exact) mass is 275 g/mol. The maximum absolute atomic E-state index is 5.51. The van der Waals surface area contributed by atoms with Crippen molar-refractivity contribution in [3.05, 3.63) is 51.7 Å². The van der Waals surface area contributed by atoms with Crippen LogP contribution in [0.1, 0.15) is 29.2 Å². The molecule has 19 heavy (non-hydrogen) atoms. The van der Waals surface area contributed by atoms with Crippen LogP contribution in [0.5, 0.6) is 5.75 Å². The fourth-order valence-corrected chi connectivity index (χ4v) is 3.01. The zero-order valence-electron chi connectivity index (χ0n) is 11.8. The summed E-state index contributed by atoms with van der Waals surface area (Å²) in [6, 6.07) is 8.94. The molecule has 0 saturated carbocycles. The van der Waals surface area contributed by atoms with E-state index < -0.39 is 0 Å². The fraction of sp³-hybridized carbons (Fsp3) is 0.375. The number of hydrogen-bond acceptors (Lipinski definition) is 3. The van der Waals surface area contributed by atoms with E-state index in [0.29, 0.717) is 6.04 Å². The van der Waals surface area contributed by atoms with Crippen LogP contribution in [0.2, 0.25) is 0 Å². The second-order valence-electron chi connectivity index (χ2n) is 4.76. The first-order valence-corrected chi connectivity index (χ1v) is 7.51. The van der Waals surface area contributed by atoms with Crippen LogP contribution in [0.4, 0.5) is 0 Å². The summed E-state index contributed by atoms with van der Waals surface area (Å²) >= 11 is 1.76. The normalized spacial score (nSPS) is 12.4. The van der Waals surface area contributed by atoms with Gasteiger partial charge in [0.2, 0.25) is 0 Å². The molecular formula is C16H21NOS. The van der Waals surface area contributed by atoms with Crippen LogP contribution in [0.3, 0.4) is 0 Å². The molecule has 1 atom stereocenters. The lowest BCUT2D eigenvalue weighted by Crippen LogP contribution is -2.18. The molecule has 1 aromatic heterocycles. The Labute approximate surface area is 119 Å². The van der Waals surface area contributed by atoms with Crippen LogP contribution < -0.4 is 10.1 Å². The molecule has 0 spiro atoms. The van der Waals surface area contributed by atoms with Crippen molar-refractivity contribution in [3.63, 3.8) is 0 Å². The largest absolute Gasteiger partial charge is 0.496 e. The topological polar surface area (TPSA) is 21.3 Å². The van der Waals surface area contributed by atoms with Gasteiger partial charge in [-0.2, -0.15) is 11.3 Å². The Hall–Kier alpha value is -1.32. The van der Waals surface area contributed by atoms with Gasteiger partial charge in [0.25, 0.3) is 0 Å². The van der Waals surface area contributed by atoms with Gasteiger partial charge in [-0.1, -0.05) is 12.1 Å². The Morgan fingerprint density at radius 1 is 1.32 bits per heavy atom. The molecule has 1 unspecified atom stereocenters. The van der Waals surface area contributed by atoms with E-state index in [0.717, 1.165) is 18.6 Å². The first-order chi connectivity index (χ1) is 9.24. The molecule has 0 radical (unpaired) electrons. The van der Waals surface area contributed by atoms with Gasteiger partial charge in [0.1, 0.15) is 5.75 Å². The van der Waals surface area contributed by atoms with E-state index >= 15 is 0 Å². The minimum absolute atomic E-state index is 0.329. The lowest BCUT2D eigenvalue weighted by molar-refractivity contribution is 0.398. The second kappa shape index (κ2) is 6.73. The minimum Gasteiger partial charge on any atom is -0.496 e. The highest BCUT2D eigenvalue weighted by atomic mass is 32.1. The molecule has 0 saturated heterocycles. The zero-order chi connectivity index (χ0) is 13.7.